The molecular weight excluding hydrogens is 520 g/mol. The van der Waals surface area contributed by atoms with Crippen LogP contribution in [-0.4, -0.2) is 20.1 Å². The van der Waals surface area contributed by atoms with E-state index in [1.807, 2.05) is 24.3 Å². The summed E-state index contributed by atoms with van der Waals surface area (Å²) in [7, 11) is -3.80. The van der Waals surface area contributed by atoms with Gasteiger partial charge in [-0.15, -0.1) is 0 Å². The fourth-order valence-electron chi connectivity index (χ4n) is 3.80. The molecule has 4 aromatic carbocycles. The topological polar surface area (TPSA) is 92.3 Å². The van der Waals surface area contributed by atoms with E-state index in [1.54, 1.807) is 42.5 Å². The zero-order valence-electron chi connectivity index (χ0n) is 21.2. The minimum Gasteiger partial charge on any atom is -0.322 e. The SMILES string of the molecule is CC(C)(C)c1ccc(C(=O)c2cccc(NC(=O)c3ccc(NS(=O)(=O)c4ccccc4)cc3Cl)c2)cc1. The number of hydrogen-bond donors (Lipinski definition) is 2. The largest absolute Gasteiger partial charge is 0.322 e. The number of halogens is 1. The Balaban J connectivity index is 1.48. The van der Waals surface area contributed by atoms with Crippen molar-refractivity contribution in [2.75, 3.05) is 10.0 Å². The van der Waals surface area contributed by atoms with E-state index in [4.69, 9.17) is 11.6 Å². The normalized spacial score (nSPS) is 11.6. The van der Waals surface area contributed by atoms with Crippen LogP contribution in [0.2, 0.25) is 5.02 Å². The number of benzene rings is 4. The summed E-state index contributed by atoms with van der Waals surface area (Å²) in [6.07, 6.45) is 0. The summed E-state index contributed by atoms with van der Waals surface area (Å²) in [4.78, 5) is 26.1. The van der Waals surface area contributed by atoms with Gasteiger partial charge in [0.1, 0.15) is 0 Å². The first-order valence-electron chi connectivity index (χ1n) is 11.9. The number of anilines is 2. The van der Waals surface area contributed by atoms with E-state index in [0.29, 0.717) is 16.8 Å². The zero-order valence-corrected chi connectivity index (χ0v) is 22.7. The highest BCUT2D eigenvalue weighted by atomic mass is 35.5. The molecule has 0 unspecified atom stereocenters. The van der Waals surface area contributed by atoms with Crippen LogP contribution >= 0.6 is 11.6 Å². The lowest BCUT2D eigenvalue weighted by Crippen LogP contribution is -2.15. The molecule has 0 aromatic heterocycles. The highest BCUT2D eigenvalue weighted by molar-refractivity contribution is 7.92. The van der Waals surface area contributed by atoms with Gasteiger partial charge in [-0.05, 0) is 53.4 Å². The summed E-state index contributed by atoms with van der Waals surface area (Å²) in [5, 5.41) is 2.83. The number of ketones is 1. The van der Waals surface area contributed by atoms with E-state index >= 15 is 0 Å². The van der Waals surface area contributed by atoms with E-state index in [2.05, 4.69) is 30.8 Å². The fourth-order valence-corrected chi connectivity index (χ4v) is 5.14. The van der Waals surface area contributed by atoms with E-state index < -0.39 is 15.9 Å². The standard InChI is InChI=1S/C30H27ClN2O4S/c1-30(2,3)22-14-12-20(13-15-22)28(34)21-8-7-9-23(18-21)32-29(35)26-17-16-24(19-27(26)31)33-38(36,37)25-10-5-4-6-11-25/h4-19,33H,1-3H3,(H,32,35). The van der Waals surface area contributed by atoms with Crippen molar-refractivity contribution in [2.24, 2.45) is 0 Å². The Hall–Kier alpha value is -3.94. The zero-order chi connectivity index (χ0) is 27.5. The molecule has 0 aliphatic rings. The van der Waals surface area contributed by atoms with Crippen molar-refractivity contribution in [1.29, 1.82) is 0 Å². The Kier molecular flexibility index (Phi) is 7.71. The average molecular weight is 547 g/mol. The lowest BCUT2D eigenvalue weighted by Gasteiger charge is -2.19. The summed E-state index contributed by atoms with van der Waals surface area (Å²) >= 11 is 6.32. The minimum atomic E-state index is -3.80. The molecule has 4 aromatic rings. The molecule has 2 N–H and O–H groups in total. The van der Waals surface area contributed by atoms with Gasteiger partial charge in [0.2, 0.25) is 0 Å². The maximum Gasteiger partial charge on any atom is 0.261 e. The minimum absolute atomic E-state index is 0.0164. The maximum absolute atomic E-state index is 13.0. The van der Waals surface area contributed by atoms with Gasteiger partial charge in [-0.25, -0.2) is 8.42 Å². The summed E-state index contributed by atoms with van der Waals surface area (Å²) in [5.41, 5.74) is 2.91. The van der Waals surface area contributed by atoms with E-state index in [-0.39, 0.29) is 32.4 Å². The first-order chi connectivity index (χ1) is 17.9. The van der Waals surface area contributed by atoms with Crippen LogP contribution in [0.25, 0.3) is 0 Å². The third-order valence-electron chi connectivity index (χ3n) is 5.92. The van der Waals surface area contributed by atoms with Crippen molar-refractivity contribution < 1.29 is 18.0 Å². The van der Waals surface area contributed by atoms with Crippen LogP contribution in [0, 0.1) is 0 Å². The van der Waals surface area contributed by atoms with Gasteiger partial charge in [-0.2, -0.15) is 0 Å². The molecule has 8 heteroatoms. The highest BCUT2D eigenvalue weighted by Crippen LogP contribution is 2.26. The monoisotopic (exact) mass is 546 g/mol. The van der Waals surface area contributed by atoms with Crippen molar-refractivity contribution in [3.05, 3.63) is 124 Å². The molecular formula is C30H27ClN2O4S. The van der Waals surface area contributed by atoms with E-state index in [1.165, 1.54) is 30.3 Å². The van der Waals surface area contributed by atoms with E-state index in [0.717, 1.165) is 5.56 Å². The first-order valence-corrected chi connectivity index (χ1v) is 13.7. The Morgan fingerprint density at radius 2 is 1.42 bits per heavy atom. The van der Waals surface area contributed by atoms with Gasteiger partial charge < -0.3 is 5.32 Å². The second-order valence-electron chi connectivity index (χ2n) is 9.80. The number of amides is 1. The molecule has 0 radical (unpaired) electrons. The van der Waals surface area contributed by atoms with Crippen LogP contribution in [0.15, 0.2) is 102 Å². The van der Waals surface area contributed by atoms with Crippen LogP contribution in [0.4, 0.5) is 11.4 Å². The summed E-state index contributed by atoms with van der Waals surface area (Å²) < 4.78 is 27.6. The van der Waals surface area contributed by atoms with Gasteiger partial charge in [-0.3, -0.25) is 14.3 Å². The molecule has 4 rings (SSSR count). The number of nitrogens with one attached hydrogen (secondary N) is 2. The fraction of sp³-hybridized carbons (Fsp3) is 0.133. The highest BCUT2D eigenvalue weighted by Gasteiger charge is 2.18. The second-order valence-corrected chi connectivity index (χ2v) is 11.9. The van der Waals surface area contributed by atoms with Crippen molar-refractivity contribution in [3.63, 3.8) is 0 Å². The molecule has 0 saturated carbocycles. The predicted octanol–water partition coefficient (Wildman–Crippen LogP) is 6.92. The summed E-state index contributed by atoms with van der Waals surface area (Å²) in [6, 6.07) is 26.4. The van der Waals surface area contributed by atoms with Crippen molar-refractivity contribution >= 4 is 44.7 Å². The molecule has 194 valence electrons. The van der Waals surface area contributed by atoms with Gasteiger partial charge in [0, 0.05) is 16.8 Å². The Bertz CT molecular complexity index is 1590. The van der Waals surface area contributed by atoms with Gasteiger partial charge in [0.25, 0.3) is 15.9 Å². The Morgan fingerprint density at radius 3 is 2.05 bits per heavy atom. The van der Waals surface area contributed by atoms with E-state index in [9.17, 15) is 18.0 Å². The molecule has 0 aliphatic heterocycles. The molecule has 0 heterocycles. The molecule has 0 atom stereocenters. The van der Waals surface area contributed by atoms with Crippen LogP contribution in [0.1, 0.15) is 52.6 Å². The molecule has 0 saturated heterocycles. The van der Waals surface area contributed by atoms with Crippen LogP contribution in [0.3, 0.4) is 0 Å². The molecule has 0 aliphatic carbocycles. The first kappa shape index (κ1) is 27.1. The third-order valence-corrected chi connectivity index (χ3v) is 7.63. The second kappa shape index (κ2) is 10.8. The van der Waals surface area contributed by atoms with Crippen molar-refractivity contribution in [1.82, 2.24) is 0 Å². The number of sulfonamides is 1. The number of rotatable bonds is 7. The predicted molar refractivity (Wildman–Crippen MR) is 152 cm³/mol. The van der Waals surface area contributed by atoms with Crippen LogP contribution in [0.5, 0.6) is 0 Å². The Morgan fingerprint density at radius 1 is 0.737 bits per heavy atom. The van der Waals surface area contributed by atoms with Gasteiger partial charge >= 0.3 is 0 Å². The van der Waals surface area contributed by atoms with Gasteiger partial charge in [0.15, 0.2) is 5.78 Å². The Labute approximate surface area is 227 Å². The summed E-state index contributed by atoms with van der Waals surface area (Å²) in [5.74, 6) is -0.652. The number of carbonyl (C=O) groups excluding carboxylic acids is 2. The third kappa shape index (κ3) is 6.30. The van der Waals surface area contributed by atoms with Gasteiger partial charge in [-0.1, -0.05) is 87.0 Å². The molecule has 1 amide bonds. The molecule has 0 fully saturated rings. The van der Waals surface area contributed by atoms with Crippen LogP contribution in [-0.2, 0) is 15.4 Å². The number of carbonyl (C=O) groups is 2. The molecule has 0 spiro atoms. The lowest BCUT2D eigenvalue weighted by atomic mass is 9.86. The van der Waals surface area contributed by atoms with Crippen LogP contribution < -0.4 is 10.0 Å². The quantitative estimate of drug-likeness (QED) is 0.246. The number of hydrogen-bond acceptors (Lipinski definition) is 4. The average Bonchev–Trinajstić information content (AvgIpc) is 2.88. The molecule has 6 nitrogen and oxygen atoms in total. The summed E-state index contributed by atoms with van der Waals surface area (Å²) in [6.45, 7) is 6.33. The molecule has 0 bridgehead atoms. The van der Waals surface area contributed by atoms with Crippen molar-refractivity contribution in [3.8, 4) is 0 Å². The maximum atomic E-state index is 13.0. The molecule has 38 heavy (non-hydrogen) atoms. The smallest absolute Gasteiger partial charge is 0.261 e. The van der Waals surface area contributed by atoms with Gasteiger partial charge in [0.05, 0.1) is 21.2 Å². The lowest BCUT2D eigenvalue weighted by molar-refractivity contribution is 0.102. The van der Waals surface area contributed by atoms with Crippen molar-refractivity contribution in [2.45, 2.75) is 31.1 Å².